The Bertz CT molecular complexity index is 1550. The number of aliphatic hydroxyl groups excluding tert-OH is 1. The number of Topliss-reactive ketones (excluding diaryl/α,β-unsaturated/α-hetero) is 2. The van der Waals surface area contributed by atoms with Crippen molar-refractivity contribution < 1.29 is 57.9 Å². The lowest BCUT2D eigenvalue weighted by atomic mass is 9.74. The Morgan fingerprint density at radius 1 is 0.965 bits per heavy atom. The SMILES string of the molecule is CC[C@H]1OC(=O)[C@H](C)C(=O)[C@H](C)[C@@H](O[C@@H]2O[C@H](C)C[C@H](N(C)C)[C@H]2O)[C@](C)(OC)C[C@@H](C)C(=O)[C@H](C)[C@@H](OC(=O)NCCNC(=O)/C=C/c2ccccc2)[C@]1(C)O. The van der Waals surface area contributed by atoms with Gasteiger partial charge in [0, 0.05) is 44.2 Å². The zero-order valence-corrected chi connectivity index (χ0v) is 35.4. The van der Waals surface area contributed by atoms with Gasteiger partial charge in [-0.25, -0.2) is 4.79 Å². The van der Waals surface area contributed by atoms with Crippen molar-refractivity contribution in [1.29, 1.82) is 0 Å². The maximum atomic E-state index is 14.3. The summed E-state index contributed by atoms with van der Waals surface area (Å²) < 4.78 is 30.2. The maximum absolute atomic E-state index is 14.3. The molecule has 2 fully saturated rings. The number of hydrogen-bond acceptors (Lipinski definition) is 13. The van der Waals surface area contributed by atoms with E-state index in [4.69, 9.17) is 23.7 Å². The van der Waals surface area contributed by atoms with Gasteiger partial charge in [-0.1, -0.05) is 58.0 Å². The molecule has 0 aliphatic carbocycles. The summed E-state index contributed by atoms with van der Waals surface area (Å²) in [5.41, 5.74) is -2.62. The number of carbonyl (C=O) groups is 5. The Balaban J connectivity index is 1.91. The zero-order valence-electron chi connectivity index (χ0n) is 35.4. The van der Waals surface area contributed by atoms with Crippen LogP contribution in [0.2, 0.25) is 0 Å². The maximum Gasteiger partial charge on any atom is 0.407 e. The average molecular weight is 804 g/mol. The van der Waals surface area contributed by atoms with Crippen LogP contribution in [0.1, 0.15) is 80.2 Å². The summed E-state index contributed by atoms with van der Waals surface area (Å²) in [6, 6.07) is 8.94. The number of carbonyl (C=O) groups excluding carboxylic acids is 5. The number of likely N-dealkylation sites (N-methyl/N-ethyl adjacent to an activating group) is 1. The molecule has 3 rings (SSSR count). The van der Waals surface area contributed by atoms with Crippen LogP contribution in [0.5, 0.6) is 0 Å². The number of alkyl carbamates (subject to hydrolysis) is 1. The Morgan fingerprint density at radius 3 is 2.18 bits per heavy atom. The molecule has 2 aliphatic heterocycles. The molecule has 0 saturated carbocycles. The monoisotopic (exact) mass is 803 g/mol. The lowest BCUT2D eigenvalue weighted by Gasteiger charge is -2.47. The second kappa shape index (κ2) is 20.8. The number of amides is 2. The summed E-state index contributed by atoms with van der Waals surface area (Å²) in [5.74, 6) is -6.57. The molecule has 2 saturated heterocycles. The van der Waals surface area contributed by atoms with Crippen LogP contribution in [0, 0.1) is 23.7 Å². The molecule has 13 atom stereocenters. The predicted octanol–water partition coefficient (Wildman–Crippen LogP) is 3.29. The fourth-order valence-corrected chi connectivity index (χ4v) is 7.94. The molecule has 0 spiro atoms. The van der Waals surface area contributed by atoms with E-state index in [2.05, 4.69) is 10.6 Å². The van der Waals surface area contributed by atoms with E-state index in [1.165, 1.54) is 34.0 Å². The van der Waals surface area contributed by atoms with Gasteiger partial charge in [0.15, 0.2) is 12.1 Å². The smallest absolute Gasteiger partial charge is 0.407 e. The molecule has 320 valence electrons. The van der Waals surface area contributed by atoms with Crippen molar-refractivity contribution in [3.63, 3.8) is 0 Å². The number of aliphatic hydroxyl groups is 2. The standard InChI is InChI=1S/C42H65N3O12/c1-12-31-42(8,52)37(57-40(51)44-21-20-43-32(46)19-18-29-16-14-13-15-17-29)26(4)33(47)24(2)23-41(7,53-11)36(27(5)34(48)28(6)38(50)55-31)56-39-35(49)30(45(9)10)22-25(3)54-39/h13-19,24-28,30-31,35-37,39,49,52H,12,20-23H2,1-11H3,(H,43,46)(H,44,51)/b19-18+/t24-,25-,26+,27+,28-,30+,31-,35-,36-,37-,39+,41-,42-/m1/s1. The first-order valence-electron chi connectivity index (χ1n) is 19.8. The second-order valence-electron chi connectivity index (χ2n) is 16.2. The number of ketones is 2. The number of cyclic esters (lactones) is 1. The Kier molecular flexibility index (Phi) is 17.4. The third-order valence-corrected chi connectivity index (χ3v) is 11.4. The molecule has 2 aliphatic rings. The fourth-order valence-electron chi connectivity index (χ4n) is 7.94. The summed E-state index contributed by atoms with van der Waals surface area (Å²) in [5, 5.41) is 28.6. The van der Waals surface area contributed by atoms with Crippen LogP contribution >= 0.6 is 0 Å². The average Bonchev–Trinajstić information content (AvgIpc) is 3.17. The quantitative estimate of drug-likeness (QED) is 0.110. The number of methoxy groups -OCH3 is 1. The number of nitrogens with one attached hydrogen (secondary N) is 2. The second-order valence-corrected chi connectivity index (χ2v) is 16.2. The van der Waals surface area contributed by atoms with E-state index in [0.717, 1.165) is 5.56 Å². The van der Waals surface area contributed by atoms with Gasteiger partial charge in [0.25, 0.3) is 0 Å². The largest absolute Gasteiger partial charge is 0.459 e. The van der Waals surface area contributed by atoms with Gasteiger partial charge in [0.05, 0.1) is 23.7 Å². The summed E-state index contributed by atoms with van der Waals surface area (Å²) in [6.07, 6.45) is -3.90. The molecule has 15 heteroatoms. The number of benzene rings is 1. The molecule has 0 bridgehead atoms. The molecular weight excluding hydrogens is 738 g/mol. The van der Waals surface area contributed by atoms with Crippen molar-refractivity contribution >= 4 is 35.6 Å². The number of ether oxygens (including phenoxy) is 5. The van der Waals surface area contributed by atoms with E-state index in [0.29, 0.717) is 6.42 Å². The highest BCUT2D eigenvalue weighted by molar-refractivity contribution is 6.00. The van der Waals surface area contributed by atoms with Gasteiger partial charge >= 0.3 is 12.1 Å². The van der Waals surface area contributed by atoms with Gasteiger partial charge in [-0.2, -0.15) is 0 Å². The summed E-state index contributed by atoms with van der Waals surface area (Å²) in [4.78, 5) is 69.6. The molecular formula is C42H65N3O12. The summed E-state index contributed by atoms with van der Waals surface area (Å²) in [7, 11) is 5.10. The molecule has 1 aromatic carbocycles. The molecule has 4 N–H and O–H groups in total. The highest BCUT2D eigenvalue weighted by Crippen LogP contribution is 2.39. The van der Waals surface area contributed by atoms with Crippen LogP contribution in [0.25, 0.3) is 6.08 Å². The van der Waals surface area contributed by atoms with Crippen molar-refractivity contribution in [3.8, 4) is 0 Å². The third kappa shape index (κ3) is 12.1. The first kappa shape index (κ1) is 47.6. The van der Waals surface area contributed by atoms with Gasteiger partial charge in [-0.15, -0.1) is 0 Å². The fraction of sp³-hybridized carbons (Fsp3) is 0.690. The van der Waals surface area contributed by atoms with E-state index >= 15 is 0 Å². The molecule has 2 amide bonds. The summed E-state index contributed by atoms with van der Waals surface area (Å²) >= 11 is 0. The molecule has 0 aromatic heterocycles. The van der Waals surface area contributed by atoms with Crippen molar-refractivity contribution in [3.05, 3.63) is 42.0 Å². The van der Waals surface area contributed by atoms with Gasteiger partial charge in [0.1, 0.15) is 35.6 Å². The Hall–Kier alpha value is -3.73. The van der Waals surface area contributed by atoms with Crippen LogP contribution in [0.3, 0.4) is 0 Å². The minimum absolute atomic E-state index is 0.0000519. The lowest BCUT2D eigenvalue weighted by molar-refractivity contribution is -0.295. The number of nitrogens with zero attached hydrogens (tertiary/aromatic N) is 1. The highest BCUT2D eigenvalue weighted by atomic mass is 16.7. The first-order chi connectivity index (χ1) is 26.7. The molecule has 15 nitrogen and oxygen atoms in total. The van der Waals surface area contributed by atoms with E-state index in [1.54, 1.807) is 33.8 Å². The zero-order chi connectivity index (χ0) is 42.8. The van der Waals surface area contributed by atoms with E-state index in [-0.39, 0.29) is 44.0 Å². The third-order valence-electron chi connectivity index (χ3n) is 11.4. The number of esters is 1. The van der Waals surface area contributed by atoms with Crippen LogP contribution < -0.4 is 10.6 Å². The lowest BCUT2D eigenvalue weighted by Crippen LogP contribution is -2.60. The normalized spacial score (nSPS) is 36.0. The van der Waals surface area contributed by atoms with Crippen molar-refractivity contribution in [2.75, 3.05) is 34.3 Å². The first-order valence-corrected chi connectivity index (χ1v) is 19.8. The predicted molar refractivity (Wildman–Crippen MR) is 212 cm³/mol. The van der Waals surface area contributed by atoms with Gasteiger partial charge in [0.2, 0.25) is 5.91 Å². The molecule has 57 heavy (non-hydrogen) atoms. The van der Waals surface area contributed by atoms with Crippen LogP contribution in [-0.4, -0.2) is 133 Å². The van der Waals surface area contributed by atoms with Gasteiger partial charge in [-0.05, 0) is 72.7 Å². The molecule has 1 aromatic rings. The van der Waals surface area contributed by atoms with E-state index in [1.807, 2.05) is 56.3 Å². The molecule has 0 unspecified atom stereocenters. The minimum atomic E-state index is -2.10. The molecule has 0 radical (unpaired) electrons. The number of rotatable bonds is 11. The van der Waals surface area contributed by atoms with Crippen molar-refractivity contribution in [2.45, 2.75) is 129 Å². The minimum Gasteiger partial charge on any atom is -0.459 e. The van der Waals surface area contributed by atoms with Gasteiger partial charge < -0.3 is 49.4 Å². The van der Waals surface area contributed by atoms with E-state index in [9.17, 15) is 34.2 Å². The number of hydrogen-bond donors (Lipinski definition) is 4. The topological polar surface area (TPSA) is 199 Å². The Morgan fingerprint density at radius 2 is 1.58 bits per heavy atom. The van der Waals surface area contributed by atoms with Gasteiger partial charge in [-0.3, -0.25) is 19.2 Å². The Labute approximate surface area is 337 Å². The van der Waals surface area contributed by atoms with Crippen LogP contribution in [0.4, 0.5) is 4.79 Å². The van der Waals surface area contributed by atoms with Crippen LogP contribution in [-0.2, 0) is 42.9 Å². The highest BCUT2D eigenvalue weighted by Gasteiger charge is 2.53. The van der Waals surface area contributed by atoms with Crippen molar-refractivity contribution in [2.24, 2.45) is 23.7 Å². The van der Waals surface area contributed by atoms with E-state index < -0.39 is 89.2 Å². The van der Waals surface area contributed by atoms with Crippen molar-refractivity contribution in [1.82, 2.24) is 15.5 Å². The summed E-state index contributed by atoms with van der Waals surface area (Å²) in [6.45, 7) is 12.7. The molecule has 2 heterocycles. The van der Waals surface area contributed by atoms with Crippen LogP contribution in [0.15, 0.2) is 36.4 Å².